The molecule has 2 aromatic rings. The van der Waals surface area contributed by atoms with Gasteiger partial charge in [0.1, 0.15) is 27.4 Å². The van der Waals surface area contributed by atoms with E-state index >= 15 is 0 Å². The van der Waals surface area contributed by atoms with Crippen LogP contribution in [-0.2, 0) is 16.4 Å². The fourth-order valence-corrected chi connectivity index (χ4v) is 5.80. The van der Waals surface area contributed by atoms with Gasteiger partial charge in [0, 0.05) is 31.6 Å². The number of pyridine rings is 1. The average molecular weight is 602 g/mol. The number of carbonyl (C=O) groups is 1. The third-order valence-corrected chi connectivity index (χ3v) is 8.59. The monoisotopic (exact) mass is 601 g/mol. The molecule has 0 aliphatic heterocycles. The van der Waals surface area contributed by atoms with Crippen molar-refractivity contribution in [3.63, 3.8) is 0 Å². The molecule has 2 aromatic heterocycles. The van der Waals surface area contributed by atoms with Crippen LogP contribution in [0.2, 0.25) is 5.02 Å². The third kappa shape index (κ3) is 7.71. The molecular formula is C23H29ClF5N5O4S. The minimum absolute atomic E-state index is 0.0246. The normalized spacial score (nSPS) is 19.1. The molecule has 1 aliphatic carbocycles. The molecule has 1 amide bonds. The molecular weight excluding hydrogens is 573 g/mol. The van der Waals surface area contributed by atoms with E-state index in [0.29, 0.717) is 25.7 Å². The van der Waals surface area contributed by atoms with Crippen LogP contribution in [0.1, 0.15) is 50.0 Å². The zero-order chi connectivity index (χ0) is 29.1. The van der Waals surface area contributed by atoms with Crippen molar-refractivity contribution >= 4 is 33.2 Å². The molecule has 9 nitrogen and oxygen atoms in total. The number of sulfone groups is 1. The SMILES string of the molecule is CCn1nc(C(=O)NCC2CCC(S(C)(=O)=O)CC2)c(Cl)c1-c1cnc(N[C@H](C)C(F)(F)F)cc1OC(F)F. The van der Waals surface area contributed by atoms with E-state index in [1.54, 1.807) is 6.92 Å². The number of halogens is 6. The van der Waals surface area contributed by atoms with Crippen LogP contribution in [0, 0.1) is 5.92 Å². The van der Waals surface area contributed by atoms with Gasteiger partial charge in [0.05, 0.1) is 21.5 Å². The summed E-state index contributed by atoms with van der Waals surface area (Å²) in [6, 6.07) is -1.13. The van der Waals surface area contributed by atoms with Gasteiger partial charge in [-0.25, -0.2) is 13.4 Å². The van der Waals surface area contributed by atoms with Crippen LogP contribution in [-0.4, -0.2) is 66.0 Å². The fourth-order valence-electron chi connectivity index (χ4n) is 4.35. The van der Waals surface area contributed by atoms with Crippen LogP contribution in [0.4, 0.5) is 27.8 Å². The largest absolute Gasteiger partial charge is 0.434 e. The van der Waals surface area contributed by atoms with Gasteiger partial charge in [-0.2, -0.15) is 27.1 Å². The van der Waals surface area contributed by atoms with Crippen molar-refractivity contribution in [2.75, 3.05) is 18.1 Å². The lowest BCUT2D eigenvalue weighted by Crippen LogP contribution is -2.34. The molecule has 1 fully saturated rings. The van der Waals surface area contributed by atoms with E-state index in [2.05, 4.69) is 25.5 Å². The minimum Gasteiger partial charge on any atom is -0.434 e. The Balaban J connectivity index is 1.83. The first-order chi connectivity index (χ1) is 18.1. The zero-order valence-electron chi connectivity index (χ0n) is 21.4. The highest BCUT2D eigenvalue weighted by molar-refractivity contribution is 7.91. The van der Waals surface area contributed by atoms with Crippen molar-refractivity contribution in [2.45, 2.75) is 70.2 Å². The summed E-state index contributed by atoms with van der Waals surface area (Å²) in [7, 11) is -3.12. The van der Waals surface area contributed by atoms with Gasteiger partial charge < -0.3 is 15.4 Å². The first-order valence-corrected chi connectivity index (χ1v) is 14.5. The maximum atomic E-state index is 13.2. The summed E-state index contributed by atoms with van der Waals surface area (Å²) < 4.78 is 94.5. The van der Waals surface area contributed by atoms with E-state index < -0.39 is 45.6 Å². The second-order valence-electron chi connectivity index (χ2n) is 9.36. The molecule has 2 heterocycles. The van der Waals surface area contributed by atoms with Gasteiger partial charge in [-0.15, -0.1) is 0 Å². The number of hydrogen-bond donors (Lipinski definition) is 2. The van der Waals surface area contributed by atoms with Crippen molar-refractivity contribution in [3.05, 3.63) is 23.0 Å². The molecule has 39 heavy (non-hydrogen) atoms. The number of nitrogens with one attached hydrogen (secondary N) is 2. The number of anilines is 1. The number of alkyl halides is 5. The second kappa shape index (κ2) is 12.2. The van der Waals surface area contributed by atoms with E-state index in [-0.39, 0.29) is 46.8 Å². The summed E-state index contributed by atoms with van der Waals surface area (Å²) in [6.07, 6.45) is -0.141. The van der Waals surface area contributed by atoms with Crippen molar-refractivity contribution in [1.29, 1.82) is 0 Å². The molecule has 0 aromatic carbocycles. The van der Waals surface area contributed by atoms with Gasteiger partial charge in [-0.1, -0.05) is 11.6 Å². The van der Waals surface area contributed by atoms with Crippen LogP contribution < -0.4 is 15.4 Å². The summed E-state index contributed by atoms with van der Waals surface area (Å²) in [5, 5.41) is 8.45. The van der Waals surface area contributed by atoms with Gasteiger partial charge in [0.15, 0.2) is 5.69 Å². The van der Waals surface area contributed by atoms with Crippen LogP contribution in [0.5, 0.6) is 5.75 Å². The molecule has 3 rings (SSSR count). The van der Waals surface area contributed by atoms with Crippen LogP contribution >= 0.6 is 11.6 Å². The van der Waals surface area contributed by atoms with Gasteiger partial charge in [0.2, 0.25) is 0 Å². The first kappa shape index (κ1) is 30.9. The average Bonchev–Trinajstić information content (AvgIpc) is 3.17. The Kier molecular flexibility index (Phi) is 9.68. The summed E-state index contributed by atoms with van der Waals surface area (Å²) >= 11 is 6.47. The molecule has 0 bridgehead atoms. The summed E-state index contributed by atoms with van der Waals surface area (Å²) in [6.45, 7) is -0.377. The quantitative estimate of drug-likeness (QED) is 0.372. The van der Waals surface area contributed by atoms with Crippen LogP contribution in [0.25, 0.3) is 11.3 Å². The summed E-state index contributed by atoms with van der Waals surface area (Å²) in [5.74, 6) is -1.43. The van der Waals surface area contributed by atoms with Crippen molar-refractivity contribution in [3.8, 4) is 17.0 Å². The van der Waals surface area contributed by atoms with E-state index in [1.165, 1.54) is 10.9 Å². The Morgan fingerprint density at radius 2 is 1.90 bits per heavy atom. The molecule has 16 heteroatoms. The summed E-state index contributed by atoms with van der Waals surface area (Å²) in [5.41, 5.74) is -0.260. The lowest BCUT2D eigenvalue weighted by atomic mass is 9.89. The predicted octanol–water partition coefficient (Wildman–Crippen LogP) is 4.92. The van der Waals surface area contributed by atoms with E-state index in [0.717, 1.165) is 19.2 Å². The van der Waals surface area contributed by atoms with Crippen LogP contribution in [0.3, 0.4) is 0 Å². The topological polar surface area (TPSA) is 115 Å². The Hall–Kier alpha value is -2.68. The van der Waals surface area contributed by atoms with Gasteiger partial charge in [-0.3, -0.25) is 9.48 Å². The summed E-state index contributed by atoms with van der Waals surface area (Å²) in [4.78, 5) is 16.8. The molecule has 2 N–H and O–H groups in total. The van der Waals surface area contributed by atoms with Gasteiger partial charge >= 0.3 is 12.8 Å². The predicted molar refractivity (Wildman–Crippen MR) is 135 cm³/mol. The maximum Gasteiger partial charge on any atom is 0.408 e. The van der Waals surface area contributed by atoms with E-state index in [4.69, 9.17) is 11.6 Å². The molecule has 0 saturated heterocycles. The van der Waals surface area contributed by atoms with E-state index in [9.17, 15) is 35.2 Å². The lowest BCUT2D eigenvalue weighted by Gasteiger charge is -2.27. The Morgan fingerprint density at radius 1 is 1.26 bits per heavy atom. The molecule has 1 atom stereocenters. The molecule has 1 aliphatic rings. The van der Waals surface area contributed by atoms with Crippen molar-refractivity contribution in [2.24, 2.45) is 5.92 Å². The molecule has 1 saturated carbocycles. The number of rotatable bonds is 10. The number of carbonyl (C=O) groups excluding carboxylic acids is 1. The fraction of sp³-hybridized carbons (Fsp3) is 0.609. The molecule has 0 spiro atoms. The Bertz CT molecular complexity index is 1280. The number of amides is 1. The molecule has 0 radical (unpaired) electrons. The first-order valence-electron chi connectivity index (χ1n) is 12.1. The molecule has 218 valence electrons. The van der Waals surface area contributed by atoms with E-state index in [1.807, 2.05) is 0 Å². The number of nitrogens with zero attached hydrogens (tertiary/aromatic N) is 3. The zero-order valence-corrected chi connectivity index (χ0v) is 22.9. The number of aromatic nitrogens is 3. The smallest absolute Gasteiger partial charge is 0.408 e. The van der Waals surface area contributed by atoms with Crippen molar-refractivity contribution < 1.29 is 39.9 Å². The number of hydrogen-bond acceptors (Lipinski definition) is 7. The second-order valence-corrected chi connectivity index (χ2v) is 12.1. The number of aryl methyl sites for hydroxylation is 1. The highest BCUT2D eigenvalue weighted by Crippen LogP contribution is 2.39. The third-order valence-electron chi connectivity index (χ3n) is 6.55. The van der Waals surface area contributed by atoms with Gasteiger partial charge in [0.25, 0.3) is 5.91 Å². The lowest BCUT2D eigenvalue weighted by molar-refractivity contribution is -0.138. The van der Waals surface area contributed by atoms with Gasteiger partial charge in [-0.05, 0) is 45.4 Å². The number of ether oxygens (including phenoxy) is 1. The standard InChI is InChI=1S/C23H29ClF5N5O4S/c1-4-34-20(15-11-30-17(9-16(15)38-22(25)26)32-12(2)23(27,28)29)18(24)19(33-34)21(35)31-10-13-5-7-14(8-6-13)39(3,36)37/h9,11-14,22H,4-8,10H2,1-3H3,(H,30,32)(H,31,35)/t12-,13?,14?/m1/s1. The Morgan fingerprint density at radius 3 is 2.44 bits per heavy atom. The van der Waals surface area contributed by atoms with Crippen molar-refractivity contribution in [1.82, 2.24) is 20.1 Å². The molecule has 0 unspecified atom stereocenters. The Labute approximate surface area is 227 Å². The highest BCUT2D eigenvalue weighted by atomic mass is 35.5. The van der Waals surface area contributed by atoms with Crippen LogP contribution in [0.15, 0.2) is 12.3 Å². The maximum absolute atomic E-state index is 13.2. The minimum atomic E-state index is -4.61. The highest BCUT2D eigenvalue weighted by Gasteiger charge is 2.36.